The van der Waals surface area contributed by atoms with Gasteiger partial charge in [0, 0.05) is 6.04 Å². The maximum absolute atomic E-state index is 11.6. The van der Waals surface area contributed by atoms with Crippen LogP contribution in [0.3, 0.4) is 0 Å². The molecular weight excluding hydrogens is 264 g/mol. The normalized spacial score (nSPS) is 17.2. The van der Waals surface area contributed by atoms with Gasteiger partial charge in [0.1, 0.15) is 6.04 Å². The molecule has 5 nitrogen and oxygen atoms in total. The minimum Gasteiger partial charge on any atom is -0.465 e. The fourth-order valence-corrected chi connectivity index (χ4v) is 2.92. The summed E-state index contributed by atoms with van der Waals surface area (Å²) in [6.45, 7) is 2.11. The second-order valence-corrected chi connectivity index (χ2v) is 5.85. The van der Waals surface area contributed by atoms with Crippen molar-refractivity contribution in [3.8, 4) is 0 Å². The summed E-state index contributed by atoms with van der Waals surface area (Å²) in [6.07, 6.45) is 5.17. The van der Waals surface area contributed by atoms with E-state index in [9.17, 15) is 9.59 Å². The highest BCUT2D eigenvalue weighted by Gasteiger charge is 2.17. The molecule has 0 aromatic carbocycles. The van der Waals surface area contributed by atoms with Crippen molar-refractivity contribution in [3.05, 3.63) is 0 Å². The minimum absolute atomic E-state index is 0.0848. The van der Waals surface area contributed by atoms with Crippen LogP contribution in [0.2, 0.25) is 0 Å². The molecule has 1 atom stereocenters. The molecule has 1 fully saturated rings. The third kappa shape index (κ3) is 6.82. The van der Waals surface area contributed by atoms with Crippen molar-refractivity contribution in [3.63, 3.8) is 0 Å². The van der Waals surface area contributed by atoms with Crippen LogP contribution in [-0.4, -0.2) is 42.1 Å². The Balaban J connectivity index is 2.03. The molecule has 0 heterocycles. The zero-order chi connectivity index (χ0) is 14.1. The lowest BCUT2D eigenvalue weighted by Gasteiger charge is -2.12. The van der Waals surface area contributed by atoms with Crippen molar-refractivity contribution in [1.82, 2.24) is 5.32 Å². The smallest absolute Gasteiger partial charge is 0.322 e. The Morgan fingerprint density at radius 1 is 1.42 bits per heavy atom. The first-order valence-electron chi connectivity index (χ1n) is 6.92. The molecule has 1 rings (SSSR count). The zero-order valence-corrected chi connectivity index (χ0v) is 12.3. The first kappa shape index (κ1) is 16.3. The SMILES string of the molecule is CCOC(=O)C(N)CCSCC(=O)NC1CCCC1. The van der Waals surface area contributed by atoms with Crippen LogP contribution in [0.5, 0.6) is 0 Å². The third-order valence-corrected chi connectivity index (χ3v) is 4.11. The topological polar surface area (TPSA) is 81.4 Å². The predicted molar refractivity (Wildman–Crippen MR) is 76.9 cm³/mol. The number of hydrogen-bond acceptors (Lipinski definition) is 5. The molecule has 3 N–H and O–H groups in total. The van der Waals surface area contributed by atoms with E-state index >= 15 is 0 Å². The molecule has 0 saturated heterocycles. The van der Waals surface area contributed by atoms with Gasteiger partial charge >= 0.3 is 5.97 Å². The summed E-state index contributed by atoms with van der Waals surface area (Å²) in [5, 5.41) is 3.03. The standard InChI is InChI=1S/C13H24N2O3S/c1-2-18-13(17)11(14)7-8-19-9-12(16)15-10-5-3-4-6-10/h10-11H,2-9,14H2,1H3,(H,15,16). The quantitative estimate of drug-likeness (QED) is 0.515. The Labute approximate surface area is 119 Å². The number of hydrogen-bond donors (Lipinski definition) is 2. The summed E-state index contributed by atoms with van der Waals surface area (Å²) < 4.78 is 4.82. The lowest BCUT2D eigenvalue weighted by Crippen LogP contribution is -2.34. The molecule has 0 radical (unpaired) electrons. The Hall–Kier alpha value is -0.750. The number of nitrogens with two attached hydrogens (primary N) is 1. The van der Waals surface area contributed by atoms with Crippen LogP contribution in [0, 0.1) is 0 Å². The molecule has 6 heteroatoms. The molecule has 0 bridgehead atoms. The summed E-state index contributed by atoms with van der Waals surface area (Å²) in [5.74, 6) is 0.851. The highest BCUT2D eigenvalue weighted by atomic mass is 32.2. The van der Waals surface area contributed by atoms with Gasteiger partial charge < -0.3 is 15.8 Å². The third-order valence-electron chi connectivity index (χ3n) is 3.12. The van der Waals surface area contributed by atoms with E-state index in [0.717, 1.165) is 12.8 Å². The fourth-order valence-electron chi connectivity index (χ4n) is 2.08. The number of nitrogens with one attached hydrogen (secondary N) is 1. The second kappa shape index (κ2) is 9.20. The first-order valence-corrected chi connectivity index (χ1v) is 8.08. The number of esters is 1. The molecule has 110 valence electrons. The molecule has 1 aliphatic carbocycles. The molecule has 1 aliphatic rings. The highest BCUT2D eigenvalue weighted by Crippen LogP contribution is 2.17. The van der Waals surface area contributed by atoms with E-state index in [1.165, 1.54) is 24.6 Å². The van der Waals surface area contributed by atoms with Crippen molar-refractivity contribution >= 4 is 23.6 Å². The maximum Gasteiger partial charge on any atom is 0.322 e. The summed E-state index contributed by atoms with van der Waals surface area (Å²) in [5.41, 5.74) is 5.66. The van der Waals surface area contributed by atoms with Crippen LogP contribution in [0.1, 0.15) is 39.0 Å². The van der Waals surface area contributed by atoms with Crippen LogP contribution in [-0.2, 0) is 14.3 Å². The number of rotatable bonds is 8. The number of thioether (sulfide) groups is 1. The summed E-state index contributed by atoms with van der Waals surface area (Å²) in [7, 11) is 0. The molecule has 0 aromatic rings. The van der Waals surface area contributed by atoms with Gasteiger partial charge in [-0.1, -0.05) is 12.8 Å². The van der Waals surface area contributed by atoms with Crippen molar-refractivity contribution < 1.29 is 14.3 Å². The number of carbonyl (C=O) groups is 2. The molecule has 1 unspecified atom stereocenters. The van der Waals surface area contributed by atoms with Crippen LogP contribution in [0.15, 0.2) is 0 Å². The lowest BCUT2D eigenvalue weighted by atomic mass is 10.2. The summed E-state index contributed by atoms with van der Waals surface area (Å²) in [6, 6.07) is -0.208. The van der Waals surface area contributed by atoms with E-state index in [2.05, 4.69) is 5.32 Å². The van der Waals surface area contributed by atoms with Crippen molar-refractivity contribution in [2.45, 2.75) is 51.1 Å². The lowest BCUT2D eigenvalue weighted by molar-refractivity contribution is -0.144. The monoisotopic (exact) mass is 288 g/mol. The van der Waals surface area contributed by atoms with Gasteiger partial charge in [0.25, 0.3) is 0 Å². The van der Waals surface area contributed by atoms with E-state index in [1.807, 2.05) is 0 Å². The average molecular weight is 288 g/mol. The van der Waals surface area contributed by atoms with Gasteiger partial charge in [0.2, 0.25) is 5.91 Å². The van der Waals surface area contributed by atoms with Gasteiger partial charge in [-0.2, -0.15) is 11.8 Å². The van der Waals surface area contributed by atoms with E-state index < -0.39 is 6.04 Å². The van der Waals surface area contributed by atoms with E-state index in [-0.39, 0.29) is 11.9 Å². The summed E-state index contributed by atoms with van der Waals surface area (Å²) >= 11 is 1.51. The van der Waals surface area contributed by atoms with Gasteiger partial charge in [0.05, 0.1) is 12.4 Å². The Bertz CT molecular complexity index is 294. The van der Waals surface area contributed by atoms with Crippen molar-refractivity contribution in [1.29, 1.82) is 0 Å². The van der Waals surface area contributed by atoms with E-state index in [4.69, 9.17) is 10.5 Å². The van der Waals surface area contributed by atoms with Gasteiger partial charge in [-0.05, 0) is 31.9 Å². The Morgan fingerprint density at radius 3 is 2.74 bits per heavy atom. The van der Waals surface area contributed by atoms with Crippen molar-refractivity contribution in [2.75, 3.05) is 18.1 Å². The molecule has 0 spiro atoms. The molecule has 0 aromatic heterocycles. The number of amides is 1. The van der Waals surface area contributed by atoms with Gasteiger partial charge in [-0.3, -0.25) is 9.59 Å². The first-order chi connectivity index (χ1) is 9.13. The number of ether oxygens (including phenoxy) is 1. The molecule has 1 amide bonds. The second-order valence-electron chi connectivity index (χ2n) is 4.75. The van der Waals surface area contributed by atoms with Crippen LogP contribution in [0.25, 0.3) is 0 Å². The minimum atomic E-state index is -0.578. The summed E-state index contributed by atoms with van der Waals surface area (Å²) in [4.78, 5) is 22.9. The van der Waals surface area contributed by atoms with Crippen LogP contribution < -0.4 is 11.1 Å². The average Bonchev–Trinajstić information content (AvgIpc) is 2.87. The fraction of sp³-hybridized carbons (Fsp3) is 0.846. The predicted octanol–water partition coefficient (Wildman–Crippen LogP) is 1.06. The van der Waals surface area contributed by atoms with E-state index in [0.29, 0.717) is 30.6 Å². The van der Waals surface area contributed by atoms with E-state index in [1.54, 1.807) is 6.92 Å². The molecular formula is C13H24N2O3S. The number of carbonyl (C=O) groups excluding carboxylic acids is 2. The Kier molecular flexibility index (Phi) is 7.90. The van der Waals surface area contributed by atoms with Gasteiger partial charge in [0.15, 0.2) is 0 Å². The largest absolute Gasteiger partial charge is 0.465 e. The van der Waals surface area contributed by atoms with Gasteiger partial charge in [-0.15, -0.1) is 0 Å². The van der Waals surface area contributed by atoms with Crippen LogP contribution in [0.4, 0.5) is 0 Å². The highest BCUT2D eigenvalue weighted by molar-refractivity contribution is 7.99. The van der Waals surface area contributed by atoms with Crippen molar-refractivity contribution in [2.24, 2.45) is 5.73 Å². The van der Waals surface area contributed by atoms with Gasteiger partial charge in [-0.25, -0.2) is 0 Å². The molecule has 0 aliphatic heterocycles. The Morgan fingerprint density at radius 2 is 2.11 bits per heavy atom. The molecule has 1 saturated carbocycles. The zero-order valence-electron chi connectivity index (χ0n) is 11.5. The molecule has 19 heavy (non-hydrogen) atoms. The maximum atomic E-state index is 11.6. The van der Waals surface area contributed by atoms with Crippen LogP contribution >= 0.6 is 11.8 Å².